The predicted octanol–water partition coefficient (Wildman–Crippen LogP) is 5.11. The zero-order chi connectivity index (χ0) is 24.5. The Morgan fingerprint density at radius 1 is 1.11 bits per heavy atom. The number of aromatic amines is 1. The molecule has 1 aliphatic rings. The Bertz CT molecular complexity index is 1340. The van der Waals surface area contributed by atoms with Crippen LogP contribution in [0.15, 0.2) is 48.7 Å². The van der Waals surface area contributed by atoms with Crippen LogP contribution in [0.2, 0.25) is 0 Å². The number of anilines is 1. The Morgan fingerprint density at radius 2 is 1.86 bits per heavy atom. The van der Waals surface area contributed by atoms with E-state index >= 15 is 0 Å². The number of nitrogens with one attached hydrogen (secondary N) is 2. The average molecular weight is 472 g/mol. The second-order valence-electron chi connectivity index (χ2n) is 9.55. The number of carbonyl (C=O) groups excluding carboxylic acids is 1. The zero-order valence-electron chi connectivity index (χ0n) is 20.9. The van der Waals surface area contributed by atoms with Gasteiger partial charge >= 0.3 is 0 Å². The third kappa shape index (κ3) is 4.68. The van der Waals surface area contributed by atoms with E-state index < -0.39 is 0 Å². The molecule has 0 unspecified atom stereocenters. The lowest BCUT2D eigenvalue weighted by Crippen LogP contribution is -2.38. The Labute approximate surface area is 206 Å². The van der Waals surface area contributed by atoms with Crippen molar-refractivity contribution >= 4 is 22.5 Å². The van der Waals surface area contributed by atoms with Crippen molar-refractivity contribution in [2.45, 2.75) is 39.5 Å². The summed E-state index contributed by atoms with van der Waals surface area (Å²) in [4.78, 5) is 18.6. The Balaban J connectivity index is 1.21. The van der Waals surface area contributed by atoms with E-state index in [9.17, 15) is 4.79 Å². The number of carbonyl (C=O) groups is 1. The van der Waals surface area contributed by atoms with Gasteiger partial charge in [-0.25, -0.2) is 4.68 Å². The van der Waals surface area contributed by atoms with Gasteiger partial charge in [-0.1, -0.05) is 17.7 Å². The van der Waals surface area contributed by atoms with Crippen LogP contribution < -0.4 is 10.1 Å². The van der Waals surface area contributed by atoms with E-state index in [2.05, 4.69) is 57.7 Å². The number of ether oxygens (including phenoxy) is 1. The van der Waals surface area contributed by atoms with E-state index in [-0.39, 0.29) is 5.91 Å². The van der Waals surface area contributed by atoms with Crippen LogP contribution in [0.25, 0.3) is 16.6 Å². The topological polar surface area (TPSA) is 75.2 Å². The van der Waals surface area contributed by atoms with Crippen LogP contribution in [0, 0.1) is 20.8 Å². The first-order valence-electron chi connectivity index (χ1n) is 12.2. The smallest absolute Gasteiger partial charge is 0.238 e. The first-order chi connectivity index (χ1) is 16.9. The van der Waals surface area contributed by atoms with Gasteiger partial charge in [-0.15, -0.1) is 0 Å². The summed E-state index contributed by atoms with van der Waals surface area (Å²) in [5, 5.41) is 9.02. The largest absolute Gasteiger partial charge is 0.497 e. The van der Waals surface area contributed by atoms with Gasteiger partial charge in [-0.05, 0) is 88.5 Å². The summed E-state index contributed by atoms with van der Waals surface area (Å²) in [7, 11) is 1.70. The number of hydrogen-bond acceptors (Lipinski definition) is 4. The van der Waals surface area contributed by atoms with E-state index in [1.807, 2.05) is 36.7 Å². The number of rotatable bonds is 6. The van der Waals surface area contributed by atoms with Gasteiger partial charge in [0, 0.05) is 17.1 Å². The van der Waals surface area contributed by atoms with Crippen molar-refractivity contribution in [1.82, 2.24) is 19.7 Å². The number of methoxy groups -OCH3 is 1. The van der Waals surface area contributed by atoms with Crippen molar-refractivity contribution in [3.05, 3.63) is 71.2 Å². The van der Waals surface area contributed by atoms with E-state index in [1.54, 1.807) is 7.11 Å². The lowest BCUT2D eigenvalue weighted by Gasteiger charge is -2.31. The maximum Gasteiger partial charge on any atom is 0.238 e. The number of H-pyrrole nitrogens is 1. The average Bonchev–Trinajstić information content (AvgIpc) is 3.41. The standard InChI is InChI=1S/C28H33N5O2/c1-18-5-7-22(8-6-18)33-20(3)28(19(2)31-33)30-27(34)17-32-13-11-21(12-14-32)25-16-29-26-10-9-23(35-4)15-24(25)26/h5-10,15-16,21,29H,11-14,17H2,1-4H3,(H,30,34). The molecule has 7 heteroatoms. The molecule has 35 heavy (non-hydrogen) atoms. The van der Waals surface area contributed by atoms with Gasteiger partial charge in [-0.3, -0.25) is 9.69 Å². The first-order valence-corrected chi connectivity index (χ1v) is 12.2. The number of likely N-dealkylation sites (tertiary alicyclic amines) is 1. The minimum absolute atomic E-state index is 0.00920. The lowest BCUT2D eigenvalue weighted by molar-refractivity contribution is -0.117. The number of fused-ring (bicyclic) bond motifs is 1. The molecule has 182 valence electrons. The summed E-state index contributed by atoms with van der Waals surface area (Å²) in [5.74, 6) is 1.37. The minimum Gasteiger partial charge on any atom is -0.497 e. The van der Waals surface area contributed by atoms with E-state index in [0.717, 1.165) is 60.0 Å². The minimum atomic E-state index is 0.00920. The molecule has 1 amide bonds. The molecule has 7 nitrogen and oxygen atoms in total. The van der Waals surface area contributed by atoms with E-state index in [0.29, 0.717) is 12.5 Å². The molecule has 3 heterocycles. The molecule has 2 N–H and O–H groups in total. The van der Waals surface area contributed by atoms with Gasteiger partial charge in [0.2, 0.25) is 5.91 Å². The second-order valence-corrected chi connectivity index (χ2v) is 9.55. The number of aromatic nitrogens is 3. The molecule has 1 saturated heterocycles. The van der Waals surface area contributed by atoms with Crippen molar-refractivity contribution in [3.63, 3.8) is 0 Å². The predicted molar refractivity (Wildman–Crippen MR) is 140 cm³/mol. The normalized spacial score (nSPS) is 15.0. The van der Waals surface area contributed by atoms with Crippen LogP contribution in [0.5, 0.6) is 5.75 Å². The van der Waals surface area contributed by atoms with Crippen LogP contribution in [-0.4, -0.2) is 52.3 Å². The summed E-state index contributed by atoms with van der Waals surface area (Å²) < 4.78 is 7.31. The monoisotopic (exact) mass is 471 g/mol. The third-order valence-corrected chi connectivity index (χ3v) is 7.15. The van der Waals surface area contributed by atoms with Crippen LogP contribution in [0.4, 0.5) is 5.69 Å². The van der Waals surface area contributed by atoms with Crippen molar-refractivity contribution in [3.8, 4) is 11.4 Å². The summed E-state index contributed by atoms with van der Waals surface area (Å²) in [6.45, 7) is 8.19. The van der Waals surface area contributed by atoms with Gasteiger partial charge in [0.25, 0.3) is 0 Å². The highest BCUT2D eigenvalue weighted by Crippen LogP contribution is 2.34. The number of piperidine rings is 1. The van der Waals surface area contributed by atoms with Gasteiger partial charge in [0.15, 0.2) is 0 Å². The Hall–Kier alpha value is -3.58. The molecule has 0 atom stereocenters. The van der Waals surface area contributed by atoms with Crippen molar-refractivity contribution in [1.29, 1.82) is 0 Å². The quantitative estimate of drug-likeness (QED) is 0.410. The van der Waals surface area contributed by atoms with Gasteiger partial charge in [-0.2, -0.15) is 5.10 Å². The molecule has 0 aliphatic carbocycles. The van der Waals surface area contributed by atoms with Crippen molar-refractivity contribution < 1.29 is 9.53 Å². The summed E-state index contributed by atoms with van der Waals surface area (Å²) in [5.41, 5.74) is 7.25. The SMILES string of the molecule is COc1ccc2[nH]cc(C3CCN(CC(=O)Nc4c(C)nn(-c5ccc(C)cc5)c4C)CC3)c2c1. The molecular formula is C28H33N5O2. The van der Waals surface area contributed by atoms with Gasteiger partial charge < -0.3 is 15.0 Å². The van der Waals surface area contributed by atoms with Crippen LogP contribution >= 0.6 is 0 Å². The maximum atomic E-state index is 12.9. The molecule has 1 fully saturated rings. The molecule has 2 aromatic carbocycles. The molecular weight excluding hydrogens is 438 g/mol. The van der Waals surface area contributed by atoms with Gasteiger partial charge in [0.05, 0.1) is 36.4 Å². The highest BCUT2D eigenvalue weighted by Gasteiger charge is 2.25. The summed E-state index contributed by atoms with van der Waals surface area (Å²) in [6, 6.07) is 14.4. The fourth-order valence-electron chi connectivity index (χ4n) is 5.13. The maximum absolute atomic E-state index is 12.9. The van der Waals surface area contributed by atoms with E-state index in [4.69, 9.17) is 4.74 Å². The molecule has 1 aliphatic heterocycles. The Kier molecular flexibility index (Phi) is 6.34. The number of nitrogens with zero attached hydrogens (tertiary/aromatic N) is 3. The van der Waals surface area contributed by atoms with E-state index in [1.165, 1.54) is 16.5 Å². The number of amides is 1. The summed E-state index contributed by atoms with van der Waals surface area (Å²) in [6.07, 6.45) is 4.19. The molecule has 4 aromatic rings. The molecule has 0 radical (unpaired) electrons. The Morgan fingerprint density at radius 3 is 2.57 bits per heavy atom. The zero-order valence-corrected chi connectivity index (χ0v) is 20.9. The molecule has 2 aromatic heterocycles. The summed E-state index contributed by atoms with van der Waals surface area (Å²) >= 11 is 0. The second kappa shape index (κ2) is 9.58. The molecule has 5 rings (SSSR count). The lowest BCUT2D eigenvalue weighted by atomic mass is 9.89. The highest BCUT2D eigenvalue weighted by molar-refractivity contribution is 5.93. The van der Waals surface area contributed by atoms with Crippen LogP contribution in [0.1, 0.15) is 41.3 Å². The fraction of sp³-hybridized carbons (Fsp3) is 0.357. The van der Waals surface area contributed by atoms with Crippen molar-refractivity contribution in [2.75, 3.05) is 32.1 Å². The van der Waals surface area contributed by atoms with Gasteiger partial charge in [0.1, 0.15) is 5.75 Å². The number of hydrogen-bond donors (Lipinski definition) is 2. The molecule has 0 spiro atoms. The highest BCUT2D eigenvalue weighted by atomic mass is 16.5. The molecule has 0 bridgehead atoms. The first kappa shape index (κ1) is 23.2. The molecule has 0 saturated carbocycles. The number of benzene rings is 2. The number of aryl methyl sites for hydroxylation is 2. The fourth-order valence-corrected chi connectivity index (χ4v) is 5.13. The van der Waals surface area contributed by atoms with Crippen LogP contribution in [0.3, 0.4) is 0 Å². The van der Waals surface area contributed by atoms with Crippen molar-refractivity contribution in [2.24, 2.45) is 0 Å². The van der Waals surface area contributed by atoms with Crippen LogP contribution in [-0.2, 0) is 4.79 Å². The third-order valence-electron chi connectivity index (χ3n) is 7.15.